The van der Waals surface area contributed by atoms with Crippen molar-refractivity contribution < 1.29 is 37.7 Å². The Morgan fingerprint density at radius 2 is 1.82 bits per heavy atom. The fraction of sp³-hybridized carbons (Fsp3) is 0.444. The van der Waals surface area contributed by atoms with Gasteiger partial charge in [-0.2, -0.15) is 0 Å². The summed E-state index contributed by atoms with van der Waals surface area (Å²) in [5.41, 5.74) is 0.235. The zero-order valence-corrected chi connectivity index (χ0v) is 22.2. The van der Waals surface area contributed by atoms with E-state index < -0.39 is 35.3 Å². The molecule has 39 heavy (non-hydrogen) atoms. The Morgan fingerprint density at radius 1 is 1.13 bits per heavy atom. The molecule has 3 aromatic rings. The number of thiazole rings is 1. The van der Waals surface area contributed by atoms with Crippen LogP contribution in [0.3, 0.4) is 0 Å². The quantitative estimate of drug-likeness (QED) is 0.389. The summed E-state index contributed by atoms with van der Waals surface area (Å²) in [6.45, 7) is 4.50. The number of amides is 1. The van der Waals surface area contributed by atoms with Gasteiger partial charge in [-0.15, -0.1) is 11.3 Å². The second-order valence-electron chi connectivity index (χ2n) is 9.80. The van der Waals surface area contributed by atoms with Crippen molar-refractivity contribution in [3.63, 3.8) is 0 Å². The number of ether oxygens (including phenoxy) is 3. The average molecular weight is 562 g/mol. The number of methoxy groups -OCH3 is 1. The molecule has 2 heterocycles. The van der Waals surface area contributed by atoms with Gasteiger partial charge in [0.05, 0.1) is 48.9 Å². The number of morpholine rings is 1. The minimum Gasteiger partial charge on any atom is -0.493 e. The highest BCUT2D eigenvalue weighted by Gasteiger charge is 2.46. The molecule has 9 nitrogen and oxygen atoms in total. The molecule has 0 spiro atoms. The highest BCUT2D eigenvalue weighted by atomic mass is 32.1. The average Bonchev–Trinajstić information content (AvgIpc) is 3.47. The highest BCUT2D eigenvalue weighted by molar-refractivity contribution is 7.18. The lowest BCUT2D eigenvalue weighted by molar-refractivity contribution is -0.145. The molecule has 1 aliphatic carbocycles. The first-order chi connectivity index (χ1) is 18.8. The van der Waals surface area contributed by atoms with Crippen molar-refractivity contribution in [2.24, 2.45) is 5.41 Å². The third-order valence-electron chi connectivity index (χ3n) is 7.16. The second kappa shape index (κ2) is 11.4. The molecule has 0 saturated carbocycles. The predicted molar refractivity (Wildman–Crippen MR) is 139 cm³/mol. The van der Waals surface area contributed by atoms with Crippen LogP contribution in [0.1, 0.15) is 22.6 Å². The smallest absolute Gasteiger partial charge is 0.304 e. The van der Waals surface area contributed by atoms with E-state index in [1.165, 1.54) is 11.3 Å². The van der Waals surface area contributed by atoms with Gasteiger partial charge in [0.1, 0.15) is 11.6 Å². The third-order valence-corrected chi connectivity index (χ3v) is 8.18. The minimum atomic E-state index is -1.34. The van der Waals surface area contributed by atoms with Crippen LogP contribution in [0.25, 0.3) is 10.2 Å². The number of hydrogen-bond acceptors (Lipinski definition) is 8. The molecule has 2 aromatic carbocycles. The standard InChI is InChI=1S/C27H29F2N3O6S/c1-36-21-11-23-20(10-22(21)38-7-4-32-2-5-37-6-3-32)31-24(39-23)15-30-26(35)27(14-25(33)34)12-16-8-18(28)19(29)9-17(16)13-27/h8-11H,2-7,12-15H2,1H3,(H,30,35)(H,33,34). The molecule has 5 rings (SSSR count). The molecule has 0 bridgehead atoms. The number of halogens is 2. The van der Waals surface area contributed by atoms with Crippen LogP contribution in [0.15, 0.2) is 24.3 Å². The summed E-state index contributed by atoms with van der Waals surface area (Å²) in [5.74, 6) is -2.54. The fourth-order valence-electron chi connectivity index (χ4n) is 5.19. The third kappa shape index (κ3) is 5.97. The zero-order valence-electron chi connectivity index (χ0n) is 21.4. The van der Waals surface area contributed by atoms with E-state index in [1.54, 1.807) is 13.2 Å². The number of benzene rings is 2. The number of carbonyl (C=O) groups excluding carboxylic acids is 1. The SMILES string of the molecule is COc1cc2sc(CNC(=O)C3(CC(=O)O)Cc4cc(F)c(F)cc4C3)nc2cc1OCCN1CCOCC1. The molecular formula is C27H29F2N3O6S. The number of carboxylic acid groups (broad SMARTS) is 1. The second-order valence-corrected chi connectivity index (χ2v) is 10.9. The number of aliphatic carboxylic acids is 1. The molecule has 2 N–H and O–H groups in total. The van der Waals surface area contributed by atoms with E-state index in [9.17, 15) is 23.5 Å². The van der Waals surface area contributed by atoms with E-state index in [4.69, 9.17) is 14.2 Å². The fourth-order valence-corrected chi connectivity index (χ4v) is 6.11. The molecule has 1 aromatic heterocycles. The Labute approximate surface area is 227 Å². The number of nitrogens with zero attached hydrogens (tertiary/aromatic N) is 2. The van der Waals surface area contributed by atoms with Gasteiger partial charge in [0.25, 0.3) is 0 Å². The topological polar surface area (TPSA) is 110 Å². The summed E-state index contributed by atoms with van der Waals surface area (Å²) in [6.07, 6.45) is -0.432. The minimum absolute atomic E-state index is 0.0138. The van der Waals surface area contributed by atoms with Crippen molar-refractivity contribution in [2.45, 2.75) is 25.8 Å². The van der Waals surface area contributed by atoms with Gasteiger partial charge in [-0.05, 0) is 36.1 Å². The van der Waals surface area contributed by atoms with E-state index in [2.05, 4.69) is 15.2 Å². The summed E-state index contributed by atoms with van der Waals surface area (Å²) < 4.78 is 45.3. The van der Waals surface area contributed by atoms with E-state index in [0.717, 1.165) is 49.7 Å². The monoisotopic (exact) mass is 561 g/mol. The molecule has 0 radical (unpaired) electrons. The first-order valence-corrected chi connectivity index (χ1v) is 13.5. The van der Waals surface area contributed by atoms with Crippen molar-refractivity contribution in [2.75, 3.05) is 46.6 Å². The normalized spacial score (nSPS) is 16.7. The van der Waals surface area contributed by atoms with Gasteiger partial charge >= 0.3 is 5.97 Å². The molecule has 2 aliphatic rings. The number of carboxylic acids is 1. The molecule has 208 valence electrons. The largest absolute Gasteiger partial charge is 0.493 e. The van der Waals surface area contributed by atoms with Gasteiger partial charge in [0, 0.05) is 31.8 Å². The number of hydrogen-bond donors (Lipinski definition) is 2. The molecule has 1 aliphatic heterocycles. The Hall–Kier alpha value is -3.35. The summed E-state index contributed by atoms with van der Waals surface area (Å²) in [7, 11) is 1.57. The van der Waals surface area contributed by atoms with Crippen LogP contribution >= 0.6 is 11.3 Å². The lowest BCUT2D eigenvalue weighted by atomic mass is 9.80. The van der Waals surface area contributed by atoms with Crippen LogP contribution in [-0.2, 0) is 33.7 Å². The Bertz CT molecular complexity index is 1360. The predicted octanol–water partition coefficient (Wildman–Crippen LogP) is 3.17. The van der Waals surface area contributed by atoms with Gasteiger partial charge in [0.15, 0.2) is 23.1 Å². The number of fused-ring (bicyclic) bond motifs is 2. The molecule has 1 fully saturated rings. The summed E-state index contributed by atoms with van der Waals surface area (Å²) in [4.78, 5) is 31.8. The summed E-state index contributed by atoms with van der Waals surface area (Å²) in [5, 5.41) is 12.9. The molecule has 0 atom stereocenters. The lowest BCUT2D eigenvalue weighted by Gasteiger charge is -2.26. The number of nitrogens with one attached hydrogen (secondary N) is 1. The van der Waals surface area contributed by atoms with Crippen LogP contribution in [-0.4, -0.2) is 73.4 Å². The van der Waals surface area contributed by atoms with Crippen LogP contribution in [0.5, 0.6) is 11.5 Å². The van der Waals surface area contributed by atoms with Crippen molar-refractivity contribution >= 4 is 33.4 Å². The maximum Gasteiger partial charge on any atom is 0.304 e. The zero-order chi connectivity index (χ0) is 27.6. The van der Waals surface area contributed by atoms with Crippen LogP contribution in [0.2, 0.25) is 0 Å². The van der Waals surface area contributed by atoms with Crippen molar-refractivity contribution in [3.8, 4) is 11.5 Å². The first-order valence-electron chi connectivity index (χ1n) is 12.6. The molecule has 1 saturated heterocycles. The van der Waals surface area contributed by atoms with E-state index >= 15 is 0 Å². The molecule has 12 heteroatoms. The van der Waals surface area contributed by atoms with E-state index in [0.29, 0.717) is 39.8 Å². The first kappa shape index (κ1) is 27.2. The summed E-state index contributed by atoms with van der Waals surface area (Å²) >= 11 is 1.37. The van der Waals surface area contributed by atoms with Gasteiger partial charge in [-0.1, -0.05) is 0 Å². The Kier molecular flexibility index (Phi) is 7.96. The van der Waals surface area contributed by atoms with Crippen molar-refractivity contribution in [3.05, 3.63) is 52.0 Å². The highest BCUT2D eigenvalue weighted by Crippen LogP contribution is 2.41. The van der Waals surface area contributed by atoms with Gasteiger partial charge < -0.3 is 24.6 Å². The number of aromatic nitrogens is 1. The van der Waals surface area contributed by atoms with Gasteiger partial charge in [0.2, 0.25) is 5.91 Å². The van der Waals surface area contributed by atoms with Gasteiger partial charge in [-0.25, -0.2) is 13.8 Å². The molecular weight excluding hydrogens is 532 g/mol. The summed E-state index contributed by atoms with van der Waals surface area (Å²) in [6, 6.07) is 5.73. The van der Waals surface area contributed by atoms with Crippen LogP contribution in [0, 0.1) is 17.0 Å². The van der Waals surface area contributed by atoms with Crippen LogP contribution < -0.4 is 14.8 Å². The van der Waals surface area contributed by atoms with Crippen molar-refractivity contribution in [1.82, 2.24) is 15.2 Å². The Balaban J connectivity index is 1.27. The van der Waals surface area contributed by atoms with E-state index in [1.807, 2.05) is 6.07 Å². The lowest BCUT2D eigenvalue weighted by Crippen LogP contribution is -2.43. The van der Waals surface area contributed by atoms with Crippen LogP contribution in [0.4, 0.5) is 8.78 Å². The number of rotatable bonds is 10. The Morgan fingerprint density at radius 3 is 2.46 bits per heavy atom. The van der Waals surface area contributed by atoms with Gasteiger partial charge in [-0.3, -0.25) is 14.5 Å². The molecule has 0 unspecified atom stereocenters. The number of carbonyl (C=O) groups is 2. The van der Waals surface area contributed by atoms with Crippen molar-refractivity contribution in [1.29, 1.82) is 0 Å². The van der Waals surface area contributed by atoms with E-state index in [-0.39, 0.29) is 19.4 Å². The maximum absolute atomic E-state index is 13.8. The molecule has 1 amide bonds. The maximum atomic E-state index is 13.8.